The van der Waals surface area contributed by atoms with Crippen LogP contribution in [0.15, 0.2) is 42.5 Å². The summed E-state index contributed by atoms with van der Waals surface area (Å²) in [4.78, 5) is 41.7. The van der Waals surface area contributed by atoms with Crippen LogP contribution in [0, 0.1) is 5.82 Å². The first-order chi connectivity index (χ1) is 16.9. The molecule has 0 bridgehead atoms. The Morgan fingerprint density at radius 3 is 2.57 bits per heavy atom. The number of ether oxygens (including phenoxy) is 2. The van der Waals surface area contributed by atoms with Gasteiger partial charge < -0.3 is 19.3 Å². The maximum atomic E-state index is 14.9. The van der Waals surface area contributed by atoms with Gasteiger partial charge in [0.1, 0.15) is 11.9 Å². The smallest absolute Gasteiger partial charge is 0.414 e. The van der Waals surface area contributed by atoms with E-state index in [1.165, 1.54) is 11.0 Å². The van der Waals surface area contributed by atoms with Crippen LogP contribution in [0.5, 0.6) is 0 Å². The van der Waals surface area contributed by atoms with E-state index in [-0.39, 0.29) is 24.5 Å². The third kappa shape index (κ3) is 5.67. The van der Waals surface area contributed by atoms with Crippen LogP contribution < -0.4 is 9.80 Å². The van der Waals surface area contributed by atoms with Gasteiger partial charge in [0, 0.05) is 32.1 Å². The number of piperazine rings is 1. The minimum atomic E-state index is -0.585. The number of alkyl halides is 1. The minimum absolute atomic E-state index is 0.189. The molecule has 2 aromatic carbocycles. The molecule has 0 aromatic heterocycles. The molecule has 2 aliphatic rings. The number of benzene rings is 2. The predicted molar refractivity (Wildman–Crippen MR) is 129 cm³/mol. The SMILES string of the molecule is CCC1CN(c2ccc(N3CCN(C(=O)COC(=O)c4cccc(CCl)c4)CC3)c(F)c2)C(=O)O1. The maximum Gasteiger partial charge on any atom is 0.414 e. The van der Waals surface area contributed by atoms with Crippen LogP contribution in [-0.4, -0.2) is 68.3 Å². The van der Waals surface area contributed by atoms with Crippen LogP contribution in [0.25, 0.3) is 0 Å². The Kier molecular flexibility index (Phi) is 7.75. The normalized spacial score (nSPS) is 18.0. The van der Waals surface area contributed by atoms with Gasteiger partial charge in [-0.2, -0.15) is 0 Å². The van der Waals surface area contributed by atoms with Crippen LogP contribution >= 0.6 is 11.6 Å². The molecule has 2 aliphatic heterocycles. The Balaban J connectivity index is 1.29. The van der Waals surface area contributed by atoms with Crippen molar-refractivity contribution in [2.24, 2.45) is 0 Å². The van der Waals surface area contributed by atoms with E-state index in [4.69, 9.17) is 21.1 Å². The number of amides is 2. The molecule has 2 fully saturated rings. The number of carbonyl (C=O) groups excluding carboxylic acids is 3. The lowest BCUT2D eigenvalue weighted by atomic mass is 10.1. The number of nitrogens with zero attached hydrogens (tertiary/aromatic N) is 3. The number of esters is 1. The van der Waals surface area contributed by atoms with E-state index in [0.717, 1.165) is 5.56 Å². The van der Waals surface area contributed by atoms with Crippen LogP contribution in [0.2, 0.25) is 0 Å². The Labute approximate surface area is 208 Å². The fourth-order valence-electron chi connectivity index (χ4n) is 4.15. The van der Waals surface area contributed by atoms with Gasteiger partial charge in [0.2, 0.25) is 0 Å². The second-order valence-corrected chi connectivity index (χ2v) is 8.71. The molecular formula is C25H27ClFN3O5. The highest BCUT2D eigenvalue weighted by atomic mass is 35.5. The highest BCUT2D eigenvalue weighted by Gasteiger charge is 2.32. The molecule has 0 N–H and O–H groups in total. The number of halogens is 2. The lowest BCUT2D eigenvalue weighted by Gasteiger charge is -2.36. The molecule has 2 saturated heterocycles. The molecule has 8 nitrogen and oxygen atoms in total. The van der Waals surface area contributed by atoms with Crippen LogP contribution in [0.4, 0.5) is 20.6 Å². The van der Waals surface area contributed by atoms with Gasteiger partial charge in [0.05, 0.1) is 23.5 Å². The molecule has 1 unspecified atom stereocenters. The third-order valence-electron chi connectivity index (χ3n) is 6.19. The monoisotopic (exact) mass is 503 g/mol. The Morgan fingerprint density at radius 2 is 1.91 bits per heavy atom. The number of rotatable bonds is 7. The topological polar surface area (TPSA) is 79.4 Å². The molecule has 10 heteroatoms. The second kappa shape index (κ2) is 10.9. The average molecular weight is 504 g/mol. The first-order valence-corrected chi connectivity index (χ1v) is 12.1. The van der Waals surface area contributed by atoms with Gasteiger partial charge in [-0.25, -0.2) is 14.0 Å². The Bertz CT molecular complexity index is 1110. The Morgan fingerprint density at radius 1 is 1.14 bits per heavy atom. The number of hydrogen-bond donors (Lipinski definition) is 0. The minimum Gasteiger partial charge on any atom is -0.452 e. The van der Waals surface area contributed by atoms with Crippen molar-refractivity contribution >= 4 is 40.9 Å². The summed E-state index contributed by atoms with van der Waals surface area (Å²) in [5.74, 6) is -1.06. The van der Waals surface area contributed by atoms with E-state index < -0.39 is 17.9 Å². The third-order valence-corrected chi connectivity index (χ3v) is 6.50. The summed E-state index contributed by atoms with van der Waals surface area (Å²) in [6.07, 6.45) is 0.0428. The first-order valence-electron chi connectivity index (χ1n) is 11.5. The molecule has 0 aliphatic carbocycles. The summed E-state index contributed by atoms with van der Waals surface area (Å²) in [5, 5.41) is 0. The maximum absolute atomic E-state index is 14.9. The van der Waals surface area contributed by atoms with Crippen molar-refractivity contribution in [3.05, 3.63) is 59.4 Å². The lowest BCUT2D eigenvalue weighted by Crippen LogP contribution is -2.50. The summed E-state index contributed by atoms with van der Waals surface area (Å²) in [5.41, 5.74) is 1.99. The second-order valence-electron chi connectivity index (χ2n) is 8.44. The summed E-state index contributed by atoms with van der Waals surface area (Å²) in [7, 11) is 0. The number of hydrogen-bond acceptors (Lipinski definition) is 6. The van der Waals surface area contributed by atoms with E-state index >= 15 is 0 Å². The van der Waals surface area contributed by atoms with Gasteiger partial charge in [-0.1, -0.05) is 19.1 Å². The highest BCUT2D eigenvalue weighted by Crippen LogP contribution is 2.29. The fraction of sp³-hybridized carbons (Fsp3) is 0.400. The quantitative estimate of drug-likeness (QED) is 0.422. The van der Waals surface area contributed by atoms with Crippen LogP contribution in [0.1, 0.15) is 29.3 Å². The van der Waals surface area contributed by atoms with Crippen molar-refractivity contribution in [1.82, 2.24) is 4.90 Å². The first kappa shape index (κ1) is 24.8. The zero-order valence-electron chi connectivity index (χ0n) is 19.4. The molecule has 2 aromatic rings. The van der Waals surface area contributed by atoms with Crippen LogP contribution in [0.3, 0.4) is 0 Å². The number of anilines is 2. The van der Waals surface area contributed by atoms with Gasteiger partial charge >= 0.3 is 12.1 Å². The highest BCUT2D eigenvalue weighted by molar-refractivity contribution is 6.17. The molecule has 35 heavy (non-hydrogen) atoms. The van der Waals surface area contributed by atoms with Gasteiger partial charge in [-0.3, -0.25) is 9.69 Å². The van der Waals surface area contributed by atoms with Gasteiger partial charge in [0.25, 0.3) is 5.91 Å². The summed E-state index contributed by atoms with van der Waals surface area (Å²) in [6.45, 7) is 3.57. The van der Waals surface area contributed by atoms with Gasteiger partial charge in [0.15, 0.2) is 6.61 Å². The Hall–Kier alpha value is -3.33. The zero-order chi connectivity index (χ0) is 24.9. The van der Waals surface area contributed by atoms with Crippen LogP contribution in [-0.2, 0) is 20.1 Å². The van der Waals surface area contributed by atoms with E-state index in [1.54, 1.807) is 41.3 Å². The summed E-state index contributed by atoms with van der Waals surface area (Å²) in [6, 6.07) is 11.4. The van der Waals surface area contributed by atoms with Crippen molar-refractivity contribution in [2.45, 2.75) is 25.3 Å². The molecule has 0 saturated carbocycles. The molecule has 0 radical (unpaired) electrons. The predicted octanol–water partition coefficient (Wildman–Crippen LogP) is 3.81. The molecular weight excluding hydrogens is 477 g/mol. The van der Waals surface area contributed by atoms with Crippen molar-refractivity contribution in [3.63, 3.8) is 0 Å². The molecule has 0 spiro atoms. The lowest BCUT2D eigenvalue weighted by molar-refractivity contribution is -0.134. The molecule has 1 atom stereocenters. The van der Waals surface area contributed by atoms with Crippen molar-refractivity contribution in [2.75, 3.05) is 49.1 Å². The van der Waals surface area contributed by atoms with E-state index in [9.17, 15) is 18.8 Å². The van der Waals surface area contributed by atoms with Gasteiger partial charge in [-0.15, -0.1) is 11.6 Å². The van der Waals surface area contributed by atoms with Crippen molar-refractivity contribution in [3.8, 4) is 0 Å². The fourth-order valence-corrected chi connectivity index (χ4v) is 4.31. The van der Waals surface area contributed by atoms with E-state index in [0.29, 0.717) is 56.1 Å². The van der Waals surface area contributed by atoms with E-state index in [1.807, 2.05) is 11.8 Å². The molecule has 2 amide bonds. The number of cyclic esters (lactones) is 1. The zero-order valence-corrected chi connectivity index (χ0v) is 20.2. The van der Waals surface area contributed by atoms with Crippen molar-refractivity contribution in [1.29, 1.82) is 0 Å². The average Bonchev–Trinajstić information content (AvgIpc) is 3.27. The van der Waals surface area contributed by atoms with E-state index in [2.05, 4.69) is 0 Å². The molecule has 2 heterocycles. The summed E-state index contributed by atoms with van der Waals surface area (Å²) < 4.78 is 25.3. The van der Waals surface area contributed by atoms with Gasteiger partial charge in [-0.05, 0) is 42.3 Å². The molecule has 4 rings (SSSR count). The number of carbonyl (C=O) groups is 3. The largest absolute Gasteiger partial charge is 0.452 e. The van der Waals surface area contributed by atoms with Crippen molar-refractivity contribution < 1.29 is 28.2 Å². The molecule has 186 valence electrons. The summed E-state index contributed by atoms with van der Waals surface area (Å²) >= 11 is 5.79. The standard InChI is InChI=1S/C25H27ClFN3O5/c1-2-20-15-30(25(33)35-20)19-6-7-22(21(27)13-19)28-8-10-29(11-9-28)23(31)16-34-24(32)18-5-3-4-17(12-18)14-26/h3-7,12-13,20H,2,8-11,14-16H2,1H3.